The molecule has 1 saturated carbocycles. The van der Waals surface area contributed by atoms with Crippen LogP contribution in [0.3, 0.4) is 0 Å². The molecule has 2 atom stereocenters. The molecule has 0 bridgehead atoms. The largest absolute Gasteiger partial charge is 0.395 e. The second-order valence-electron chi connectivity index (χ2n) is 5.29. The Labute approximate surface area is 127 Å². The molecule has 2 fully saturated rings. The van der Waals surface area contributed by atoms with Crippen molar-refractivity contribution in [3.05, 3.63) is 11.1 Å². The van der Waals surface area contributed by atoms with Crippen LogP contribution in [0.25, 0.3) is 0 Å². The van der Waals surface area contributed by atoms with Crippen LogP contribution < -0.4 is 4.90 Å². The molecule has 1 aromatic rings. The number of aliphatic hydroxyl groups is 1. The van der Waals surface area contributed by atoms with Gasteiger partial charge in [0.1, 0.15) is 0 Å². The van der Waals surface area contributed by atoms with Crippen LogP contribution in [0.15, 0.2) is 6.20 Å². The second-order valence-corrected chi connectivity index (χ2v) is 6.30. The zero-order valence-electron chi connectivity index (χ0n) is 11.5. The Hall–Kier alpha value is -1.71. The maximum Gasteiger partial charge on any atom is 0.239 e. The van der Waals surface area contributed by atoms with Gasteiger partial charge in [0.2, 0.25) is 11.8 Å². The molecule has 1 N–H and O–H groups in total. The van der Waals surface area contributed by atoms with Crippen molar-refractivity contribution in [2.75, 3.05) is 11.5 Å². The van der Waals surface area contributed by atoms with Gasteiger partial charge >= 0.3 is 0 Å². The number of fused-ring (bicyclic) bond motifs is 1. The Kier molecular flexibility index (Phi) is 4.04. The van der Waals surface area contributed by atoms with Gasteiger partial charge in [0.25, 0.3) is 0 Å². The van der Waals surface area contributed by atoms with E-state index in [1.54, 1.807) is 6.20 Å². The normalized spacial score (nSPS) is 24.7. The van der Waals surface area contributed by atoms with E-state index < -0.39 is 0 Å². The molecule has 2 heterocycles. The summed E-state index contributed by atoms with van der Waals surface area (Å²) in [6, 6.07) is 0. The molecule has 6 heteroatoms. The third-order valence-corrected chi connectivity index (χ3v) is 4.87. The van der Waals surface area contributed by atoms with Crippen LogP contribution in [0.4, 0.5) is 5.13 Å². The number of nitrogens with zero attached hydrogens (tertiary/aromatic N) is 2. The summed E-state index contributed by atoms with van der Waals surface area (Å²) in [6.07, 6.45) is 5.62. The minimum atomic E-state index is -0.154. The van der Waals surface area contributed by atoms with Gasteiger partial charge in [-0.05, 0) is 12.8 Å². The van der Waals surface area contributed by atoms with E-state index >= 15 is 0 Å². The highest BCUT2D eigenvalue weighted by molar-refractivity contribution is 7.16. The van der Waals surface area contributed by atoms with E-state index in [0.717, 1.165) is 25.7 Å². The van der Waals surface area contributed by atoms with Crippen molar-refractivity contribution in [3.63, 3.8) is 0 Å². The summed E-state index contributed by atoms with van der Waals surface area (Å²) in [5.74, 6) is 5.18. The van der Waals surface area contributed by atoms with E-state index in [-0.39, 0.29) is 30.3 Å². The van der Waals surface area contributed by atoms with Gasteiger partial charge in [0.15, 0.2) is 5.13 Å². The van der Waals surface area contributed by atoms with Gasteiger partial charge in [-0.2, -0.15) is 0 Å². The molecule has 1 saturated heterocycles. The highest BCUT2D eigenvalue weighted by Gasteiger charge is 2.49. The number of aliphatic hydroxyl groups excluding tert-OH is 1. The fraction of sp³-hybridized carbons (Fsp3) is 0.533. The van der Waals surface area contributed by atoms with Crippen LogP contribution in [-0.4, -0.2) is 28.5 Å². The number of carbonyl (C=O) groups excluding carboxylic acids is 2. The predicted molar refractivity (Wildman–Crippen MR) is 78.6 cm³/mol. The molecule has 3 rings (SSSR count). The molecule has 1 aliphatic carbocycles. The number of hydrogen-bond donors (Lipinski definition) is 1. The van der Waals surface area contributed by atoms with E-state index in [9.17, 15) is 9.59 Å². The summed E-state index contributed by atoms with van der Waals surface area (Å²) >= 11 is 1.25. The van der Waals surface area contributed by atoms with Crippen LogP contribution in [0.5, 0.6) is 0 Å². The highest BCUT2D eigenvalue weighted by atomic mass is 32.1. The number of carbonyl (C=O) groups is 2. The first kappa shape index (κ1) is 14.2. The molecule has 0 aromatic carbocycles. The van der Waals surface area contributed by atoms with Gasteiger partial charge in [0, 0.05) is 6.42 Å². The van der Waals surface area contributed by atoms with Gasteiger partial charge in [-0.25, -0.2) is 9.88 Å². The van der Waals surface area contributed by atoms with E-state index in [2.05, 4.69) is 16.8 Å². The number of thiazole rings is 1. The van der Waals surface area contributed by atoms with Crippen LogP contribution >= 0.6 is 11.3 Å². The summed E-state index contributed by atoms with van der Waals surface area (Å²) in [5, 5.41) is 9.12. The average molecular weight is 304 g/mol. The topological polar surface area (TPSA) is 70.5 Å². The maximum atomic E-state index is 12.4. The van der Waals surface area contributed by atoms with Crippen molar-refractivity contribution < 1.29 is 14.7 Å². The molecule has 2 unspecified atom stereocenters. The lowest BCUT2D eigenvalue weighted by atomic mass is 9.81. The number of imide groups is 1. The first-order valence-corrected chi connectivity index (χ1v) is 7.97. The highest BCUT2D eigenvalue weighted by Crippen LogP contribution is 2.40. The lowest BCUT2D eigenvalue weighted by Crippen LogP contribution is -2.30. The molecule has 5 nitrogen and oxygen atoms in total. The Bertz CT molecular complexity index is 604. The minimum Gasteiger partial charge on any atom is -0.395 e. The second kappa shape index (κ2) is 5.96. The van der Waals surface area contributed by atoms with Crippen molar-refractivity contribution in [3.8, 4) is 11.8 Å². The number of amides is 2. The van der Waals surface area contributed by atoms with E-state index in [1.807, 2.05) is 0 Å². The molecule has 21 heavy (non-hydrogen) atoms. The Morgan fingerprint density at radius 3 is 2.57 bits per heavy atom. The molecule has 110 valence electrons. The van der Waals surface area contributed by atoms with Crippen molar-refractivity contribution in [2.24, 2.45) is 11.8 Å². The number of anilines is 1. The fourth-order valence-corrected chi connectivity index (χ4v) is 3.78. The number of hydrogen-bond acceptors (Lipinski definition) is 5. The van der Waals surface area contributed by atoms with Crippen molar-refractivity contribution in [1.82, 2.24) is 4.98 Å². The standard InChI is InChI=1S/C15H16N2O3S/c18-8-4-3-5-10-9-16-15(21-10)17-13(19)11-6-1-2-7-12(11)14(17)20/h9,11-12,18H,1-2,4,6-8H2. The Balaban J connectivity index is 1.82. The van der Waals surface area contributed by atoms with E-state index in [0.29, 0.717) is 16.4 Å². The molecule has 2 aliphatic rings. The van der Waals surface area contributed by atoms with Gasteiger partial charge in [-0.15, -0.1) is 0 Å². The summed E-state index contributed by atoms with van der Waals surface area (Å²) < 4.78 is 0. The fourth-order valence-electron chi connectivity index (χ4n) is 2.98. The average Bonchev–Trinajstić information content (AvgIpc) is 3.04. The first-order valence-electron chi connectivity index (χ1n) is 7.15. The summed E-state index contributed by atoms with van der Waals surface area (Å²) in [6.45, 7) is 0.0190. The molecule has 2 amide bonds. The van der Waals surface area contributed by atoms with Crippen LogP contribution in [-0.2, 0) is 9.59 Å². The molecule has 1 aromatic heterocycles. The molecule has 0 radical (unpaired) electrons. The quantitative estimate of drug-likeness (QED) is 0.665. The van der Waals surface area contributed by atoms with Crippen molar-refractivity contribution >= 4 is 28.3 Å². The smallest absolute Gasteiger partial charge is 0.239 e. The third-order valence-electron chi connectivity index (χ3n) is 3.97. The lowest BCUT2D eigenvalue weighted by molar-refractivity contribution is -0.122. The summed E-state index contributed by atoms with van der Waals surface area (Å²) in [7, 11) is 0. The van der Waals surface area contributed by atoms with Crippen LogP contribution in [0.2, 0.25) is 0 Å². The monoisotopic (exact) mass is 304 g/mol. The minimum absolute atomic E-state index is 0.0190. The summed E-state index contributed by atoms with van der Waals surface area (Å²) in [4.78, 5) is 31.0. The zero-order chi connectivity index (χ0) is 14.8. The SMILES string of the molecule is O=C1C2CCCCC2C(=O)N1c1ncc(C#CCCO)s1. The van der Waals surface area contributed by atoms with E-state index in [1.165, 1.54) is 16.2 Å². The Morgan fingerprint density at radius 1 is 1.29 bits per heavy atom. The maximum absolute atomic E-state index is 12.4. The molecule has 1 aliphatic heterocycles. The zero-order valence-corrected chi connectivity index (χ0v) is 12.4. The molecular formula is C15H16N2O3S. The lowest BCUT2D eigenvalue weighted by Gasteiger charge is -2.19. The predicted octanol–water partition coefficient (Wildman–Crippen LogP) is 1.56. The third kappa shape index (κ3) is 2.59. The Morgan fingerprint density at radius 2 is 1.95 bits per heavy atom. The first-order chi connectivity index (χ1) is 10.2. The molecule has 0 spiro atoms. The van der Waals surface area contributed by atoms with Gasteiger partial charge in [-0.1, -0.05) is 36.0 Å². The number of aromatic nitrogens is 1. The summed E-state index contributed by atoms with van der Waals surface area (Å²) in [5.41, 5.74) is 0. The molecular weight excluding hydrogens is 288 g/mol. The van der Waals surface area contributed by atoms with Gasteiger partial charge in [-0.3, -0.25) is 9.59 Å². The number of rotatable bonds is 2. The van der Waals surface area contributed by atoms with Crippen LogP contribution in [0, 0.1) is 23.7 Å². The van der Waals surface area contributed by atoms with Gasteiger partial charge < -0.3 is 5.11 Å². The van der Waals surface area contributed by atoms with Crippen LogP contribution in [0.1, 0.15) is 37.0 Å². The van der Waals surface area contributed by atoms with Crippen molar-refractivity contribution in [1.29, 1.82) is 0 Å². The van der Waals surface area contributed by atoms with E-state index in [4.69, 9.17) is 5.11 Å². The van der Waals surface area contributed by atoms with Crippen molar-refractivity contribution in [2.45, 2.75) is 32.1 Å². The van der Waals surface area contributed by atoms with Gasteiger partial charge in [0.05, 0.1) is 29.5 Å².